The Hall–Kier alpha value is -1.62. The van der Waals surface area contributed by atoms with Gasteiger partial charge in [-0.15, -0.1) is 0 Å². The Bertz CT molecular complexity index is 629. The Morgan fingerprint density at radius 3 is 2.90 bits per heavy atom. The Labute approximate surface area is 123 Å². The molecule has 2 rings (SSSR count). The Morgan fingerprint density at radius 1 is 1.30 bits per heavy atom. The fourth-order valence-electron chi connectivity index (χ4n) is 2.03. The maximum atomic E-state index is 11.9. The molecule has 0 aliphatic heterocycles. The number of carbonyl (C=O) groups is 1. The van der Waals surface area contributed by atoms with Crippen LogP contribution in [0, 0.1) is 4.84 Å². The third-order valence-electron chi connectivity index (χ3n) is 3.14. The highest BCUT2D eigenvalue weighted by atomic mass is 32.1. The highest BCUT2D eigenvalue weighted by molar-refractivity contribution is 7.71. The van der Waals surface area contributed by atoms with Crippen LogP contribution in [-0.4, -0.2) is 17.6 Å². The predicted octanol–water partition coefficient (Wildman–Crippen LogP) is 4.62. The lowest BCUT2D eigenvalue weighted by Gasteiger charge is -2.04. The molecule has 0 spiro atoms. The average molecular weight is 293 g/mol. The number of rotatable bonds is 7. The average Bonchev–Trinajstić information content (AvgIpc) is 2.81. The molecule has 0 radical (unpaired) electrons. The lowest BCUT2D eigenvalue weighted by molar-refractivity contribution is 0.0498. The van der Waals surface area contributed by atoms with E-state index in [0.29, 0.717) is 28.1 Å². The van der Waals surface area contributed by atoms with Gasteiger partial charge in [-0.25, -0.2) is 4.79 Å². The summed E-state index contributed by atoms with van der Waals surface area (Å²) in [4.78, 5) is 15.1. The predicted molar refractivity (Wildman–Crippen MR) is 80.4 cm³/mol. The summed E-state index contributed by atoms with van der Waals surface area (Å²) in [5.74, 6) is -0.303. The van der Waals surface area contributed by atoms with Gasteiger partial charge in [-0.05, 0) is 36.8 Å². The van der Waals surface area contributed by atoms with Crippen molar-refractivity contribution in [1.29, 1.82) is 0 Å². The summed E-state index contributed by atoms with van der Waals surface area (Å²) in [6, 6.07) is 5.11. The number of aromatic amines is 1. The summed E-state index contributed by atoms with van der Waals surface area (Å²) in [5.41, 5.74) is 1.87. The zero-order valence-electron chi connectivity index (χ0n) is 11.6. The smallest absolute Gasteiger partial charge is 0.338 e. The second-order valence-corrected chi connectivity index (χ2v) is 5.15. The van der Waals surface area contributed by atoms with E-state index < -0.39 is 0 Å². The van der Waals surface area contributed by atoms with E-state index in [0.717, 1.165) is 12.8 Å². The van der Waals surface area contributed by atoms with Gasteiger partial charge in [-0.3, -0.25) is 0 Å². The first-order valence-corrected chi connectivity index (χ1v) is 7.41. The van der Waals surface area contributed by atoms with Crippen LogP contribution in [0.3, 0.4) is 0 Å². The van der Waals surface area contributed by atoms with Gasteiger partial charge in [0.2, 0.25) is 0 Å². The lowest BCUT2D eigenvalue weighted by atomic mass is 10.2. The largest absolute Gasteiger partial charge is 0.462 e. The molecule has 0 atom stereocenters. The van der Waals surface area contributed by atoms with Crippen molar-refractivity contribution in [2.45, 2.75) is 39.0 Å². The second-order valence-electron chi connectivity index (χ2n) is 4.78. The maximum absolute atomic E-state index is 11.9. The van der Waals surface area contributed by atoms with Crippen LogP contribution in [0.25, 0.3) is 11.1 Å². The number of carbonyl (C=O) groups excluding carboxylic acids is 1. The normalized spacial score (nSPS) is 10.8. The highest BCUT2D eigenvalue weighted by Crippen LogP contribution is 2.16. The number of oxazole rings is 1. The Kier molecular flexibility index (Phi) is 5.35. The molecule has 108 valence electrons. The van der Waals surface area contributed by atoms with Gasteiger partial charge in [0, 0.05) is 0 Å². The SMILES string of the molecule is CCCCCCCOC(=O)c1ccc2oc(=S)[nH]c2c1. The second kappa shape index (κ2) is 7.24. The van der Waals surface area contributed by atoms with Crippen molar-refractivity contribution in [2.75, 3.05) is 6.61 Å². The van der Waals surface area contributed by atoms with Crippen molar-refractivity contribution in [3.63, 3.8) is 0 Å². The zero-order chi connectivity index (χ0) is 14.4. The number of unbranched alkanes of at least 4 members (excludes halogenated alkanes) is 4. The van der Waals surface area contributed by atoms with Crippen molar-refractivity contribution < 1.29 is 13.9 Å². The van der Waals surface area contributed by atoms with Crippen LogP contribution in [0.1, 0.15) is 49.4 Å². The molecule has 1 N–H and O–H groups in total. The van der Waals surface area contributed by atoms with Crippen molar-refractivity contribution in [2.24, 2.45) is 0 Å². The van der Waals surface area contributed by atoms with Crippen LogP contribution >= 0.6 is 12.2 Å². The van der Waals surface area contributed by atoms with Crippen LogP contribution in [0.4, 0.5) is 0 Å². The summed E-state index contributed by atoms with van der Waals surface area (Å²) in [5, 5.41) is 0. The molecule has 0 aliphatic carbocycles. The Balaban J connectivity index is 1.86. The molecule has 0 amide bonds. The summed E-state index contributed by atoms with van der Waals surface area (Å²) >= 11 is 4.90. The minimum Gasteiger partial charge on any atom is -0.462 e. The van der Waals surface area contributed by atoms with Crippen molar-refractivity contribution in [3.8, 4) is 0 Å². The molecule has 1 heterocycles. The van der Waals surface area contributed by atoms with Gasteiger partial charge in [0.05, 0.1) is 17.7 Å². The third kappa shape index (κ3) is 3.93. The molecule has 0 bridgehead atoms. The minimum atomic E-state index is -0.303. The number of nitrogens with one attached hydrogen (secondary N) is 1. The summed E-state index contributed by atoms with van der Waals surface area (Å²) in [7, 11) is 0. The monoisotopic (exact) mass is 293 g/mol. The van der Waals surface area contributed by atoms with E-state index in [1.807, 2.05) is 0 Å². The van der Waals surface area contributed by atoms with Crippen LogP contribution in [0.5, 0.6) is 0 Å². The summed E-state index contributed by atoms with van der Waals surface area (Å²) in [6.45, 7) is 2.65. The van der Waals surface area contributed by atoms with Crippen LogP contribution < -0.4 is 0 Å². The fourth-order valence-corrected chi connectivity index (χ4v) is 2.23. The van der Waals surface area contributed by atoms with Crippen molar-refractivity contribution in [3.05, 3.63) is 28.6 Å². The van der Waals surface area contributed by atoms with E-state index in [-0.39, 0.29) is 5.97 Å². The summed E-state index contributed by atoms with van der Waals surface area (Å²) < 4.78 is 10.5. The molecular weight excluding hydrogens is 274 g/mol. The first kappa shape index (κ1) is 14.8. The number of hydrogen-bond acceptors (Lipinski definition) is 4. The van der Waals surface area contributed by atoms with Gasteiger partial charge in [-0.1, -0.05) is 32.6 Å². The number of ether oxygens (including phenoxy) is 1. The van der Waals surface area contributed by atoms with Crippen molar-refractivity contribution >= 4 is 29.3 Å². The van der Waals surface area contributed by atoms with Crippen LogP contribution in [0.2, 0.25) is 0 Å². The molecule has 20 heavy (non-hydrogen) atoms. The molecule has 4 nitrogen and oxygen atoms in total. The molecule has 1 aromatic carbocycles. The van der Waals surface area contributed by atoms with Gasteiger partial charge in [-0.2, -0.15) is 0 Å². The van der Waals surface area contributed by atoms with Gasteiger partial charge in [0.1, 0.15) is 0 Å². The molecule has 0 unspecified atom stereocenters. The van der Waals surface area contributed by atoms with E-state index in [4.69, 9.17) is 21.4 Å². The number of hydrogen-bond donors (Lipinski definition) is 1. The number of H-pyrrole nitrogens is 1. The molecule has 0 saturated carbocycles. The zero-order valence-corrected chi connectivity index (χ0v) is 12.4. The molecule has 5 heteroatoms. The van der Waals surface area contributed by atoms with Gasteiger partial charge < -0.3 is 14.1 Å². The van der Waals surface area contributed by atoms with E-state index in [2.05, 4.69) is 11.9 Å². The minimum absolute atomic E-state index is 0.303. The van der Waals surface area contributed by atoms with Crippen LogP contribution in [0.15, 0.2) is 22.6 Å². The maximum Gasteiger partial charge on any atom is 0.338 e. The molecule has 1 aromatic heterocycles. The van der Waals surface area contributed by atoms with E-state index in [9.17, 15) is 4.79 Å². The number of aromatic nitrogens is 1. The molecule has 2 aromatic rings. The Morgan fingerprint density at radius 2 is 2.10 bits per heavy atom. The van der Waals surface area contributed by atoms with Crippen LogP contribution in [-0.2, 0) is 4.74 Å². The number of esters is 1. The van der Waals surface area contributed by atoms with Gasteiger partial charge >= 0.3 is 5.97 Å². The van der Waals surface area contributed by atoms with E-state index in [1.165, 1.54) is 19.3 Å². The molecule has 0 saturated heterocycles. The van der Waals surface area contributed by atoms with Gasteiger partial charge in [0.25, 0.3) is 4.84 Å². The van der Waals surface area contributed by atoms with E-state index in [1.54, 1.807) is 18.2 Å². The quantitative estimate of drug-likeness (QED) is 0.460. The van der Waals surface area contributed by atoms with E-state index >= 15 is 0 Å². The van der Waals surface area contributed by atoms with Gasteiger partial charge in [0.15, 0.2) is 5.58 Å². The molecule has 0 fully saturated rings. The summed E-state index contributed by atoms with van der Waals surface area (Å²) in [6.07, 6.45) is 5.68. The number of benzene rings is 1. The first-order chi connectivity index (χ1) is 9.70. The highest BCUT2D eigenvalue weighted by Gasteiger charge is 2.09. The topological polar surface area (TPSA) is 55.2 Å². The number of fused-ring (bicyclic) bond motifs is 1. The lowest BCUT2D eigenvalue weighted by Crippen LogP contribution is -2.06. The fraction of sp³-hybridized carbons (Fsp3) is 0.467. The molecular formula is C15H19NO3S. The van der Waals surface area contributed by atoms with Crippen molar-refractivity contribution in [1.82, 2.24) is 4.98 Å². The first-order valence-electron chi connectivity index (χ1n) is 7.00. The standard InChI is InChI=1S/C15H19NO3S/c1-2-3-4-5-6-9-18-14(17)11-7-8-13-12(10-11)16-15(20)19-13/h7-8,10H,2-6,9H2,1H3,(H,16,20). The molecule has 0 aliphatic rings. The third-order valence-corrected chi connectivity index (χ3v) is 3.32.